The van der Waals surface area contributed by atoms with Crippen molar-refractivity contribution >= 4 is 122 Å². The maximum Gasteiger partial charge on any atom is 0.335 e. The van der Waals surface area contributed by atoms with Crippen LogP contribution >= 0.6 is 0 Å². The summed E-state index contributed by atoms with van der Waals surface area (Å²) in [4.78, 5) is 86.5. The molecule has 18 rings (SSSR count). The Hall–Kier alpha value is -15.9. The molecule has 16 bridgehead atoms. The van der Waals surface area contributed by atoms with Crippen molar-refractivity contribution in [3.05, 3.63) is 320 Å². The lowest BCUT2D eigenvalue weighted by Crippen LogP contribution is -2.11. The predicted octanol–water partition coefficient (Wildman–Crippen LogP) is 21.8. The Morgan fingerprint density at radius 2 is 0.500 bits per heavy atom. The van der Waals surface area contributed by atoms with Crippen molar-refractivity contribution in [2.45, 2.75) is 0 Å². The highest BCUT2D eigenvalue weighted by atomic mass is 16.6. The molecule has 14 aromatic rings. The zero-order valence-electron chi connectivity index (χ0n) is 61.0. The molecule has 0 saturated carbocycles. The highest BCUT2D eigenvalue weighted by Crippen LogP contribution is 2.44. The average molecular weight is 1490 g/mol. The Morgan fingerprint density at radius 3 is 0.711 bits per heavy atom. The molecule has 1 amide bonds. The fraction of sp³-hybridized carbons (Fsp3) is 0.0323. The van der Waals surface area contributed by atoms with Crippen molar-refractivity contribution < 1.29 is 38.8 Å². The summed E-state index contributed by atoms with van der Waals surface area (Å²) in [5.74, 6) is 0.696. The van der Waals surface area contributed by atoms with Crippen LogP contribution in [0.4, 0.5) is 17.1 Å². The lowest BCUT2D eigenvalue weighted by molar-refractivity contribution is -0.385. The SMILES string of the molecule is COc1ccc(-c2c3nc(c(-c4ccc(OC)cc4)c4ccc([nH]4)c(-c4ccc(OC)cc4)c4nc(c(-c5ccc(NC(=O)c6ccc(-c7c8nc(c(-c9ccc([N+](=O)[O-])cc9)c9ccc([nH]9)c(-c9ccc(C(=O)O)cc9)c9nc(c(-c%10ccc([N+](=O)[O-])cc%10)c%10ccc7[nH]%10)C=C9)C=C8)cc6)cc5)c5ccc2[nH]5)C=C4)C=C3)cc1. The Balaban J connectivity index is 0.756. The number of rotatable bonds is 16. The van der Waals surface area contributed by atoms with E-state index in [9.17, 15) is 34.9 Å². The van der Waals surface area contributed by atoms with Crippen LogP contribution in [-0.2, 0) is 0 Å². The third-order valence-electron chi connectivity index (χ3n) is 20.7. The van der Waals surface area contributed by atoms with E-state index in [1.54, 1.807) is 69.9 Å². The quantitative estimate of drug-likeness (QED) is 0.0387. The first kappa shape index (κ1) is 69.8. The second-order valence-electron chi connectivity index (χ2n) is 27.3. The van der Waals surface area contributed by atoms with Gasteiger partial charge in [0.05, 0.1) is 82.3 Å². The van der Waals surface area contributed by atoms with Crippen molar-refractivity contribution in [1.29, 1.82) is 0 Å². The monoisotopic (exact) mass is 1490 g/mol. The summed E-state index contributed by atoms with van der Waals surface area (Å²) >= 11 is 0. The van der Waals surface area contributed by atoms with Gasteiger partial charge in [0.2, 0.25) is 0 Å². The molecule has 0 saturated heterocycles. The zero-order valence-corrected chi connectivity index (χ0v) is 61.0. The molecule has 6 aromatic heterocycles. The number of fused-ring (bicyclic) bond motifs is 16. The Kier molecular flexibility index (Phi) is 17.7. The molecule has 10 heterocycles. The number of ether oxygens (including phenoxy) is 3. The summed E-state index contributed by atoms with van der Waals surface area (Å²) in [5.41, 5.74) is 23.5. The molecule has 21 nitrogen and oxygen atoms in total. The molecule has 4 aliphatic rings. The van der Waals surface area contributed by atoms with Gasteiger partial charge in [0.15, 0.2) is 0 Å². The van der Waals surface area contributed by atoms with E-state index in [0.717, 1.165) is 83.7 Å². The summed E-state index contributed by atoms with van der Waals surface area (Å²) in [5, 5.41) is 37.1. The molecule has 0 unspecified atom stereocenters. The number of hydrogen-bond donors (Lipinski definition) is 6. The van der Waals surface area contributed by atoms with Gasteiger partial charge in [-0.25, -0.2) is 24.7 Å². The van der Waals surface area contributed by atoms with E-state index < -0.39 is 15.8 Å². The van der Waals surface area contributed by atoms with Gasteiger partial charge in [0.25, 0.3) is 17.3 Å². The summed E-state index contributed by atoms with van der Waals surface area (Å²) in [7, 11) is 4.95. The van der Waals surface area contributed by atoms with E-state index in [0.29, 0.717) is 123 Å². The number of carboxylic acid groups (broad SMARTS) is 1. The molecule has 21 heteroatoms. The molecule has 114 heavy (non-hydrogen) atoms. The first-order valence-electron chi connectivity index (χ1n) is 36.3. The fourth-order valence-corrected chi connectivity index (χ4v) is 15.1. The number of benzene rings is 8. The number of non-ortho nitro benzene ring substituents is 2. The summed E-state index contributed by atoms with van der Waals surface area (Å²) in [6.45, 7) is 0. The Labute approximate surface area is 649 Å². The van der Waals surface area contributed by atoms with E-state index in [-0.39, 0.29) is 22.8 Å². The number of aromatic amines is 4. The maximum atomic E-state index is 14.7. The third kappa shape index (κ3) is 13.0. The van der Waals surface area contributed by atoms with E-state index in [1.807, 2.05) is 176 Å². The number of aromatic nitrogens is 8. The van der Waals surface area contributed by atoms with E-state index in [4.69, 9.17) is 34.1 Å². The number of methoxy groups -OCH3 is 3. The number of carboxylic acids is 1. The van der Waals surface area contributed by atoms with Gasteiger partial charge in [-0.1, -0.05) is 72.8 Å². The second kappa shape index (κ2) is 28.9. The van der Waals surface area contributed by atoms with Gasteiger partial charge in [-0.3, -0.25) is 25.0 Å². The van der Waals surface area contributed by atoms with Gasteiger partial charge < -0.3 is 44.6 Å². The lowest BCUT2D eigenvalue weighted by atomic mass is 10.0. The van der Waals surface area contributed by atoms with Crippen LogP contribution in [0.15, 0.2) is 243 Å². The summed E-state index contributed by atoms with van der Waals surface area (Å²) < 4.78 is 16.9. The molecule has 0 fully saturated rings. The molecule has 6 N–H and O–H groups in total. The number of nitrogens with one attached hydrogen (secondary N) is 5. The molecule has 8 aromatic carbocycles. The van der Waals surface area contributed by atoms with Crippen LogP contribution in [0, 0.1) is 20.2 Å². The Bertz CT molecular complexity index is 6720. The molecule has 0 radical (unpaired) electrons. The van der Waals surface area contributed by atoms with Crippen molar-refractivity contribution in [3.8, 4) is 106 Å². The first-order valence-corrected chi connectivity index (χ1v) is 36.3. The van der Waals surface area contributed by atoms with Gasteiger partial charge in [0.1, 0.15) is 17.2 Å². The number of hydrogen-bond acceptors (Lipinski definition) is 13. The zero-order chi connectivity index (χ0) is 77.8. The molecule has 0 spiro atoms. The van der Waals surface area contributed by atoms with Crippen LogP contribution in [0.5, 0.6) is 17.2 Å². The molecule has 550 valence electrons. The van der Waals surface area contributed by atoms with Crippen LogP contribution < -0.4 is 19.5 Å². The van der Waals surface area contributed by atoms with Gasteiger partial charge in [0, 0.05) is 124 Å². The number of aromatic carboxylic acids is 1. The molecule has 0 aliphatic carbocycles. The smallest absolute Gasteiger partial charge is 0.335 e. The number of carbonyl (C=O) groups excluding carboxylic acids is 1. The lowest BCUT2D eigenvalue weighted by Gasteiger charge is -2.10. The van der Waals surface area contributed by atoms with Crippen LogP contribution in [0.2, 0.25) is 0 Å². The van der Waals surface area contributed by atoms with Crippen LogP contribution in [-0.4, -0.2) is 88.0 Å². The largest absolute Gasteiger partial charge is 0.497 e. The first-order chi connectivity index (χ1) is 55.7. The van der Waals surface area contributed by atoms with Crippen LogP contribution in [0.3, 0.4) is 0 Å². The van der Waals surface area contributed by atoms with Crippen LogP contribution in [0.25, 0.3) is 182 Å². The standard InChI is InChI=1S/C93H63N11O10/c1-112-65-30-18-57(19-31-65)89-78-46-40-72(99-78)86(73-41-47-79(100-73)90(58-20-32-66(113-2)33-21-58)81-49-51-83(102-81)91(82-50-48-80(89)101-82)59-22-34-67(114-3)35-23-59)54-12-24-62(25-13-54)94-92(105)60-8-4-52(5-9-60)84-68-36-42-74(95-68)87(55-14-26-63(27-15-55)103(108)109)76-44-38-70(97-76)85(53-6-10-61(11-7-53)93(106)107)71-39-45-77(98-71)88(75-43-37-69(84)96-75)56-16-28-64(29-17-56)104(110)111/h4-51,95,98-99,102H,1-3H3,(H,94,105)(H,106,107). The van der Waals surface area contributed by atoms with Gasteiger partial charge in [-0.2, -0.15) is 0 Å². The minimum Gasteiger partial charge on any atom is -0.497 e. The molecule has 4 aliphatic heterocycles. The van der Waals surface area contributed by atoms with Crippen molar-refractivity contribution in [1.82, 2.24) is 39.9 Å². The number of H-pyrrole nitrogens is 4. The number of anilines is 1. The van der Waals surface area contributed by atoms with Crippen LogP contribution in [0.1, 0.15) is 66.3 Å². The van der Waals surface area contributed by atoms with E-state index >= 15 is 0 Å². The highest BCUT2D eigenvalue weighted by molar-refractivity contribution is 6.07. The normalized spacial score (nSPS) is 11.9. The number of amides is 1. The Morgan fingerprint density at radius 1 is 0.298 bits per heavy atom. The average Bonchev–Trinajstić information content (AvgIpc) is 1.61. The number of carbonyl (C=O) groups is 2. The molecular weight excluding hydrogens is 1430 g/mol. The topological polar surface area (TPSA) is 295 Å². The van der Waals surface area contributed by atoms with Crippen molar-refractivity contribution in [3.63, 3.8) is 0 Å². The number of nitro groups is 2. The highest BCUT2D eigenvalue weighted by Gasteiger charge is 2.25. The molecular formula is C93H63N11O10. The van der Waals surface area contributed by atoms with Gasteiger partial charge in [-0.15, -0.1) is 0 Å². The van der Waals surface area contributed by atoms with Crippen molar-refractivity contribution in [2.24, 2.45) is 0 Å². The molecule has 0 atom stereocenters. The predicted molar refractivity (Wildman–Crippen MR) is 449 cm³/mol. The summed E-state index contributed by atoms with van der Waals surface area (Å²) in [6, 6.07) is 73.6. The number of nitro benzene ring substituents is 2. The fourth-order valence-electron chi connectivity index (χ4n) is 15.1. The second-order valence-corrected chi connectivity index (χ2v) is 27.3. The van der Waals surface area contributed by atoms with Gasteiger partial charge >= 0.3 is 5.97 Å². The minimum absolute atomic E-state index is 0.0931. The van der Waals surface area contributed by atoms with E-state index in [1.165, 1.54) is 36.4 Å². The third-order valence-corrected chi connectivity index (χ3v) is 20.7. The number of nitrogens with zero attached hydrogens (tertiary/aromatic N) is 6. The van der Waals surface area contributed by atoms with E-state index in [2.05, 4.69) is 55.6 Å². The van der Waals surface area contributed by atoms with Crippen molar-refractivity contribution in [2.75, 3.05) is 26.6 Å². The maximum absolute atomic E-state index is 14.7. The van der Waals surface area contributed by atoms with Gasteiger partial charge in [-0.05, 0) is 239 Å². The minimum atomic E-state index is -1.09. The summed E-state index contributed by atoms with van der Waals surface area (Å²) in [6.07, 6.45) is 15.7.